The second kappa shape index (κ2) is 5.60. The standard InChI is InChI=1S/C15H28N2O/c1-11-7-12(9-13(16)8-11)14(18)17-10-15(2)5-3-4-6-15/h11-13H,3-10,16H2,1-2H3,(H,17,18). The van der Waals surface area contributed by atoms with Crippen LogP contribution in [0.3, 0.4) is 0 Å². The van der Waals surface area contributed by atoms with E-state index in [9.17, 15) is 4.79 Å². The first kappa shape index (κ1) is 13.9. The number of hydrogen-bond donors (Lipinski definition) is 2. The Kier molecular flexibility index (Phi) is 4.31. The molecule has 0 saturated heterocycles. The Morgan fingerprint density at radius 2 is 1.94 bits per heavy atom. The number of carbonyl (C=O) groups is 1. The molecule has 2 rings (SSSR count). The van der Waals surface area contributed by atoms with Crippen LogP contribution >= 0.6 is 0 Å². The minimum atomic E-state index is 0.147. The summed E-state index contributed by atoms with van der Waals surface area (Å²) in [5.41, 5.74) is 6.36. The van der Waals surface area contributed by atoms with Crippen LogP contribution in [0.5, 0.6) is 0 Å². The lowest BCUT2D eigenvalue weighted by atomic mass is 9.79. The summed E-state index contributed by atoms with van der Waals surface area (Å²) in [6.45, 7) is 5.36. The van der Waals surface area contributed by atoms with Gasteiger partial charge in [0.05, 0.1) is 0 Å². The van der Waals surface area contributed by atoms with Crippen molar-refractivity contribution in [1.82, 2.24) is 5.32 Å². The van der Waals surface area contributed by atoms with Gasteiger partial charge in [0.2, 0.25) is 5.91 Å². The Morgan fingerprint density at radius 3 is 2.56 bits per heavy atom. The summed E-state index contributed by atoms with van der Waals surface area (Å²) in [5.74, 6) is 0.977. The van der Waals surface area contributed by atoms with Crippen LogP contribution in [0.4, 0.5) is 0 Å². The van der Waals surface area contributed by atoms with E-state index in [-0.39, 0.29) is 17.9 Å². The fourth-order valence-electron chi connectivity index (χ4n) is 3.72. The van der Waals surface area contributed by atoms with Gasteiger partial charge >= 0.3 is 0 Å². The van der Waals surface area contributed by atoms with Crippen molar-refractivity contribution in [3.8, 4) is 0 Å². The molecule has 0 aliphatic heterocycles. The van der Waals surface area contributed by atoms with Crippen LogP contribution < -0.4 is 11.1 Å². The molecule has 2 fully saturated rings. The van der Waals surface area contributed by atoms with Crippen molar-refractivity contribution in [2.45, 2.75) is 64.8 Å². The fraction of sp³-hybridized carbons (Fsp3) is 0.933. The maximum Gasteiger partial charge on any atom is 0.223 e. The van der Waals surface area contributed by atoms with Gasteiger partial charge in [0, 0.05) is 18.5 Å². The highest BCUT2D eigenvalue weighted by atomic mass is 16.1. The van der Waals surface area contributed by atoms with Gasteiger partial charge in [0.15, 0.2) is 0 Å². The molecular formula is C15H28N2O. The van der Waals surface area contributed by atoms with Gasteiger partial charge in [-0.25, -0.2) is 0 Å². The van der Waals surface area contributed by atoms with Gasteiger partial charge < -0.3 is 11.1 Å². The molecule has 104 valence electrons. The van der Waals surface area contributed by atoms with Crippen molar-refractivity contribution in [1.29, 1.82) is 0 Å². The van der Waals surface area contributed by atoms with Crippen LogP contribution in [0.15, 0.2) is 0 Å². The molecular weight excluding hydrogens is 224 g/mol. The predicted molar refractivity (Wildman–Crippen MR) is 74.1 cm³/mol. The van der Waals surface area contributed by atoms with Crippen molar-refractivity contribution >= 4 is 5.91 Å². The molecule has 2 aliphatic rings. The molecule has 0 heterocycles. The molecule has 18 heavy (non-hydrogen) atoms. The van der Waals surface area contributed by atoms with E-state index in [0.717, 1.165) is 25.8 Å². The SMILES string of the molecule is CC1CC(N)CC(C(=O)NCC2(C)CCCC2)C1. The summed E-state index contributed by atoms with van der Waals surface area (Å²) in [5, 5.41) is 3.18. The number of nitrogens with two attached hydrogens (primary N) is 1. The second-order valence-corrected chi connectivity index (χ2v) is 7.00. The molecule has 2 saturated carbocycles. The summed E-state index contributed by atoms with van der Waals surface area (Å²) in [6, 6.07) is 0.214. The number of amides is 1. The molecule has 0 aromatic heterocycles. The summed E-state index contributed by atoms with van der Waals surface area (Å²) in [4.78, 5) is 12.2. The molecule has 0 spiro atoms. The first-order chi connectivity index (χ1) is 8.48. The van der Waals surface area contributed by atoms with Gasteiger partial charge in [0.1, 0.15) is 0 Å². The van der Waals surface area contributed by atoms with Crippen LogP contribution in [-0.2, 0) is 4.79 Å². The summed E-state index contributed by atoms with van der Waals surface area (Å²) in [7, 11) is 0. The van der Waals surface area contributed by atoms with E-state index in [0.29, 0.717) is 11.3 Å². The molecule has 0 bridgehead atoms. The first-order valence-corrected chi connectivity index (χ1v) is 7.52. The van der Waals surface area contributed by atoms with Crippen molar-refractivity contribution in [2.75, 3.05) is 6.54 Å². The zero-order valence-corrected chi connectivity index (χ0v) is 11.9. The molecule has 0 aromatic carbocycles. The highest BCUT2D eigenvalue weighted by Crippen LogP contribution is 2.37. The van der Waals surface area contributed by atoms with Crippen molar-refractivity contribution in [3.05, 3.63) is 0 Å². The molecule has 3 nitrogen and oxygen atoms in total. The first-order valence-electron chi connectivity index (χ1n) is 7.52. The lowest BCUT2D eigenvalue weighted by Crippen LogP contribution is -2.42. The van der Waals surface area contributed by atoms with Crippen LogP contribution in [0, 0.1) is 17.3 Å². The number of nitrogens with one attached hydrogen (secondary N) is 1. The van der Waals surface area contributed by atoms with Crippen molar-refractivity contribution in [3.63, 3.8) is 0 Å². The fourth-order valence-corrected chi connectivity index (χ4v) is 3.72. The molecule has 3 atom stereocenters. The normalized spacial score (nSPS) is 35.4. The molecule has 2 aliphatic carbocycles. The third-order valence-electron chi connectivity index (χ3n) is 4.85. The van der Waals surface area contributed by atoms with E-state index in [1.165, 1.54) is 25.7 Å². The van der Waals surface area contributed by atoms with Crippen molar-refractivity contribution < 1.29 is 4.79 Å². The van der Waals surface area contributed by atoms with Gasteiger partial charge in [-0.1, -0.05) is 26.7 Å². The Morgan fingerprint density at radius 1 is 1.28 bits per heavy atom. The maximum absolute atomic E-state index is 12.2. The third-order valence-corrected chi connectivity index (χ3v) is 4.85. The smallest absolute Gasteiger partial charge is 0.223 e. The monoisotopic (exact) mass is 252 g/mol. The number of carbonyl (C=O) groups excluding carboxylic acids is 1. The molecule has 1 amide bonds. The van der Waals surface area contributed by atoms with E-state index < -0.39 is 0 Å². The van der Waals surface area contributed by atoms with E-state index in [2.05, 4.69) is 19.2 Å². The van der Waals surface area contributed by atoms with Gasteiger partial charge in [-0.05, 0) is 43.4 Å². The Bertz CT molecular complexity index is 287. The Balaban J connectivity index is 1.80. The third kappa shape index (κ3) is 3.47. The largest absolute Gasteiger partial charge is 0.355 e. The van der Waals surface area contributed by atoms with Gasteiger partial charge in [-0.2, -0.15) is 0 Å². The summed E-state index contributed by atoms with van der Waals surface area (Å²) in [6.07, 6.45) is 8.10. The average molecular weight is 252 g/mol. The van der Waals surface area contributed by atoms with Crippen molar-refractivity contribution in [2.24, 2.45) is 23.0 Å². The summed E-state index contributed by atoms with van der Waals surface area (Å²) >= 11 is 0. The molecule has 0 aromatic rings. The lowest BCUT2D eigenvalue weighted by molar-refractivity contribution is -0.127. The minimum Gasteiger partial charge on any atom is -0.355 e. The van der Waals surface area contributed by atoms with E-state index in [1.54, 1.807) is 0 Å². The zero-order chi connectivity index (χ0) is 13.2. The van der Waals surface area contributed by atoms with Gasteiger partial charge in [-0.3, -0.25) is 4.79 Å². The maximum atomic E-state index is 12.2. The van der Waals surface area contributed by atoms with Gasteiger partial charge in [-0.15, -0.1) is 0 Å². The van der Waals surface area contributed by atoms with E-state index >= 15 is 0 Å². The zero-order valence-electron chi connectivity index (χ0n) is 11.9. The molecule has 0 radical (unpaired) electrons. The Hall–Kier alpha value is -0.570. The number of hydrogen-bond acceptors (Lipinski definition) is 2. The Labute approximate surface area is 111 Å². The van der Waals surface area contributed by atoms with E-state index in [4.69, 9.17) is 5.73 Å². The minimum absolute atomic E-state index is 0.147. The second-order valence-electron chi connectivity index (χ2n) is 7.00. The van der Waals surface area contributed by atoms with Crippen LogP contribution in [0.1, 0.15) is 58.8 Å². The highest BCUT2D eigenvalue weighted by molar-refractivity contribution is 5.78. The number of rotatable bonds is 3. The predicted octanol–water partition coefficient (Wildman–Crippen LogP) is 2.45. The van der Waals surface area contributed by atoms with Crippen LogP contribution in [0.2, 0.25) is 0 Å². The van der Waals surface area contributed by atoms with Gasteiger partial charge in [0.25, 0.3) is 0 Å². The molecule has 3 heteroatoms. The van der Waals surface area contributed by atoms with Crippen LogP contribution in [0.25, 0.3) is 0 Å². The highest BCUT2D eigenvalue weighted by Gasteiger charge is 2.32. The lowest BCUT2D eigenvalue weighted by Gasteiger charge is -2.31. The summed E-state index contributed by atoms with van der Waals surface area (Å²) < 4.78 is 0. The quantitative estimate of drug-likeness (QED) is 0.810. The average Bonchev–Trinajstić information content (AvgIpc) is 2.72. The molecule has 3 N–H and O–H groups in total. The van der Waals surface area contributed by atoms with Crippen LogP contribution in [-0.4, -0.2) is 18.5 Å². The molecule has 3 unspecified atom stereocenters. The topological polar surface area (TPSA) is 55.1 Å². The van der Waals surface area contributed by atoms with E-state index in [1.807, 2.05) is 0 Å².